The number of fused-ring (bicyclic) bond motifs is 4. The molecule has 0 amide bonds. The third-order valence-electron chi connectivity index (χ3n) is 8.15. The summed E-state index contributed by atoms with van der Waals surface area (Å²) in [6.07, 6.45) is 0. The molecule has 0 spiro atoms. The van der Waals surface area contributed by atoms with Crippen molar-refractivity contribution >= 4 is 33.3 Å². The zero-order valence-electron chi connectivity index (χ0n) is 20.4. The highest BCUT2D eigenvalue weighted by Gasteiger charge is 2.84. The summed E-state index contributed by atoms with van der Waals surface area (Å²) in [6.45, 7) is 6.62. The second-order valence-electron chi connectivity index (χ2n) is 10.1. The van der Waals surface area contributed by atoms with Crippen molar-refractivity contribution in [1.29, 1.82) is 0 Å². The largest absolute Gasteiger partial charge is 0.380 e. The van der Waals surface area contributed by atoms with Gasteiger partial charge in [-0.2, -0.15) is 26.3 Å². The van der Waals surface area contributed by atoms with Gasteiger partial charge in [-0.3, -0.25) is 0 Å². The molecule has 2 aromatic rings. The van der Waals surface area contributed by atoms with E-state index in [4.69, 9.17) is 0 Å². The minimum Gasteiger partial charge on any atom is -0.194 e. The fraction of sp³-hybridized carbons (Fsp3) is 0.310. The highest BCUT2D eigenvalue weighted by atomic mass is 32.2. The third kappa shape index (κ3) is 2.76. The Labute approximate surface area is 219 Å². The molecule has 0 N–H and O–H groups in total. The monoisotopic (exact) mass is 548 g/mol. The van der Waals surface area contributed by atoms with E-state index in [1.54, 1.807) is 52.0 Å². The van der Waals surface area contributed by atoms with Gasteiger partial charge in [-0.05, 0) is 61.1 Å². The van der Waals surface area contributed by atoms with Crippen molar-refractivity contribution in [3.05, 3.63) is 105 Å². The van der Waals surface area contributed by atoms with Gasteiger partial charge in [0.15, 0.2) is 0 Å². The van der Waals surface area contributed by atoms with Crippen LogP contribution in [0.25, 0.3) is 9.81 Å². The van der Waals surface area contributed by atoms with Gasteiger partial charge >= 0.3 is 17.8 Å². The Morgan fingerprint density at radius 3 is 1.16 bits per heavy atom. The lowest BCUT2D eigenvalue weighted by Crippen LogP contribution is -2.49. The number of hydrogen-bond donors (Lipinski definition) is 0. The Morgan fingerprint density at radius 1 is 0.514 bits per heavy atom. The molecule has 2 aliphatic carbocycles. The molecular weight excluding hydrogens is 526 g/mol. The Hall–Kier alpha value is -2.32. The number of halogens is 6. The summed E-state index contributed by atoms with van der Waals surface area (Å²) in [5.74, 6) is -15.6. The van der Waals surface area contributed by atoms with Gasteiger partial charge in [-0.1, -0.05) is 60.7 Å². The Kier molecular flexibility index (Phi) is 5.00. The molecule has 8 heteroatoms. The van der Waals surface area contributed by atoms with Crippen LogP contribution in [0, 0.1) is 0 Å². The summed E-state index contributed by atoms with van der Waals surface area (Å²) in [6, 6.07) is 18.1. The predicted molar refractivity (Wildman–Crippen MR) is 139 cm³/mol. The summed E-state index contributed by atoms with van der Waals surface area (Å²) in [7, 11) is 0. The highest BCUT2D eigenvalue weighted by molar-refractivity contribution is 8.14. The van der Waals surface area contributed by atoms with Crippen molar-refractivity contribution in [3.8, 4) is 0 Å². The van der Waals surface area contributed by atoms with Gasteiger partial charge in [0.2, 0.25) is 0 Å². The van der Waals surface area contributed by atoms with E-state index in [1.165, 1.54) is 23.5 Å². The number of allylic oxidation sites excluding steroid dienone is 4. The van der Waals surface area contributed by atoms with Crippen molar-refractivity contribution in [2.24, 2.45) is 0 Å². The lowest BCUT2D eigenvalue weighted by atomic mass is 9.68. The molecule has 2 aliphatic heterocycles. The quantitative estimate of drug-likeness (QED) is 0.343. The van der Waals surface area contributed by atoms with Gasteiger partial charge in [0, 0.05) is 21.0 Å². The topological polar surface area (TPSA) is 0 Å². The summed E-state index contributed by atoms with van der Waals surface area (Å²) in [4.78, 5) is 1.27. The molecule has 0 unspecified atom stereocenters. The second-order valence-corrected chi connectivity index (χ2v) is 13.0. The zero-order valence-corrected chi connectivity index (χ0v) is 22.0. The Balaban J connectivity index is 1.74. The third-order valence-corrected chi connectivity index (χ3v) is 11.8. The van der Waals surface area contributed by atoms with E-state index in [9.17, 15) is 0 Å². The van der Waals surface area contributed by atoms with Gasteiger partial charge in [0.1, 0.15) is 0 Å². The highest BCUT2D eigenvalue weighted by Crippen LogP contribution is 2.77. The summed E-state index contributed by atoms with van der Waals surface area (Å²) < 4.78 is 90.1. The molecule has 2 aromatic carbocycles. The van der Waals surface area contributed by atoms with Crippen LogP contribution in [0.2, 0.25) is 0 Å². The average Bonchev–Trinajstić information content (AvgIpc) is 3.33. The maximum Gasteiger partial charge on any atom is 0.380 e. The van der Waals surface area contributed by atoms with E-state index in [0.29, 0.717) is 21.0 Å². The van der Waals surface area contributed by atoms with Gasteiger partial charge in [-0.25, -0.2) is 0 Å². The van der Waals surface area contributed by atoms with E-state index < -0.39 is 38.4 Å². The van der Waals surface area contributed by atoms with Crippen LogP contribution >= 0.6 is 23.5 Å². The van der Waals surface area contributed by atoms with Gasteiger partial charge < -0.3 is 0 Å². The predicted octanol–water partition coefficient (Wildman–Crippen LogP) is 9.39. The Morgan fingerprint density at radius 2 is 0.838 bits per heavy atom. The van der Waals surface area contributed by atoms with Crippen LogP contribution in [0.5, 0.6) is 0 Å². The van der Waals surface area contributed by atoms with Crippen molar-refractivity contribution in [1.82, 2.24) is 0 Å². The van der Waals surface area contributed by atoms with Crippen molar-refractivity contribution < 1.29 is 26.3 Å². The minimum atomic E-state index is -5.56. The standard InChI is InChI=1S/C29H22F6S2/c1-15-19-21-22(28(32,33)29(34,35)27(21,30)31)20-16(2)24(18-13-9-6-10-14-18)37-26(20,4)25(19,3)36-23(15)17-11-7-5-8-12-17/h5-14H,1-4H3/t25-,26-/m0/s1. The van der Waals surface area contributed by atoms with E-state index in [0.717, 1.165) is 11.1 Å². The summed E-state index contributed by atoms with van der Waals surface area (Å²) >= 11 is 2.60. The molecule has 6 rings (SSSR count). The van der Waals surface area contributed by atoms with Gasteiger partial charge in [0.25, 0.3) is 0 Å². The van der Waals surface area contributed by atoms with E-state index in [2.05, 4.69) is 0 Å². The molecular formula is C29H22F6S2. The van der Waals surface area contributed by atoms with Crippen LogP contribution in [0.3, 0.4) is 0 Å². The first-order valence-corrected chi connectivity index (χ1v) is 13.4. The maximum absolute atomic E-state index is 15.6. The molecule has 2 atom stereocenters. The van der Waals surface area contributed by atoms with E-state index in [-0.39, 0.29) is 11.1 Å². The lowest BCUT2D eigenvalue weighted by molar-refractivity contribution is -0.258. The van der Waals surface area contributed by atoms with E-state index in [1.807, 2.05) is 36.4 Å². The number of rotatable bonds is 2. The number of thioether (sulfide) groups is 2. The van der Waals surface area contributed by atoms with E-state index >= 15 is 26.3 Å². The minimum absolute atomic E-state index is 0.103. The van der Waals surface area contributed by atoms with Crippen LogP contribution in [0.4, 0.5) is 26.3 Å². The molecule has 0 bridgehead atoms. The van der Waals surface area contributed by atoms with Crippen molar-refractivity contribution in [2.75, 3.05) is 0 Å². The Bertz CT molecular complexity index is 1370. The molecule has 1 saturated carbocycles. The molecule has 1 fully saturated rings. The fourth-order valence-corrected chi connectivity index (χ4v) is 9.64. The van der Waals surface area contributed by atoms with Crippen LogP contribution in [-0.4, -0.2) is 27.3 Å². The number of alkyl halides is 6. The van der Waals surface area contributed by atoms with Crippen LogP contribution in [0.1, 0.15) is 38.8 Å². The first-order chi connectivity index (χ1) is 17.2. The molecule has 0 nitrogen and oxygen atoms in total. The fourth-order valence-electron chi connectivity index (χ4n) is 6.25. The molecule has 0 saturated heterocycles. The van der Waals surface area contributed by atoms with Crippen LogP contribution in [0.15, 0.2) is 94.1 Å². The SMILES string of the molecule is CC1=C(c2ccccc2)S[C@@]2(C)C1=C1C(=C3C(C)=C(c4ccccc4)S[C@@]32C)C(F)(F)C(F)(F)C1(F)F. The van der Waals surface area contributed by atoms with Crippen LogP contribution in [-0.2, 0) is 0 Å². The maximum atomic E-state index is 15.6. The first-order valence-electron chi connectivity index (χ1n) is 11.8. The summed E-state index contributed by atoms with van der Waals surface area (Å²) in [5, 5.41) is 0. The number of hydrogen-bond acceptors (Lipinski definition) is 2. The molecule has 2 heterocycles. The molecule has 0 radical (unpaired) electrons. The van der Waals surface area contributed by atoms with Gasteiger partial charge in [0.05, 0.1) is 9.49 Å². The second kappa shape index (κ2) is 7.41. The lowest BCUT2D eigenvalue weighted by Gasteiger charge is -2.48. The smallest absolute Gasteiger partial charge is 0.194 e. The average molecular weight is 549 g/mol. The summed E-state index contributed by atoms with van der Waals surface area (Å²) in [5.41, 5.74) is -0.474. The molecule has 37 heavy (non-hydrogen) atoms. The van der Waals surface area contributed by atoms with Gasteiger partial charge in [-0.15, -0.1) is 23.5 Å². The van der Waals surface area contributed by atoms with Crippen molar-refractivity contribution in [2.45, 2.75) is 55.0 Å². The number of benzene rings is 2. The first kappa shape index (κ1) is 25.0. The molecule has 0 aromatic heterocycles. The van der Waals surface area contributed by atoms with Crippen molar-refractivity contribution in [3.63, 3.8) is 0 Å². The molecule has 192 valence electrons. The normalized spacial score (nSPS) is 31.2. The van der Waals surface area contributed by atoms with Crippen LogP contribution < -0.4 is 0 Å². The molecule has 4 aliphatic rings. The zero-order chi connectivity index (χ0) is 26.8.